The zero-order valence-electron chi connectivity index (χ0n) is 19.9. The molecular weight excluding hydrogens is 434 g/mol. The number of hydrogen-bond acceptors (Lipinski definition) is 5. The fourth-order valence-electron chi connectivity index (χ4n) is 4.26. The van der Waals surface area contributed by atoms with Gasteiger partial charge in [0.2, 0.25) is 5.75 Å². The minimum absolute atomic E-state index is 0.0267. The maximum atomic E-state index is 11.4. The Morgan fingerprint density at radius 2 is 1.65 bits per heavy atom. The van der Waals surface area contributed by atoms with Gasteiger partial charge in [0.15, 0.2) is 11.5 Å². The number of hydrogen-bond donors (Lipinski definition) is 2. The fraction of sp³-hybridized carbons (Fsp3) is 0.370. The van der Waals surface area contributed by atoms with Crippen molar-refractivity contribution in [3.8, 4) is 17.2 Å². The van der Waals surface area contributed by atoms with Gasteiger partial charge in [-0.05, 0) is 54.2 Å². The van der Waals surface area contributed by atoms with Crippen LogP contribution >= 0.6 is 0 Å². The average molecular weight is 468 g/mol. The van der Waals surface area contributed by atoms with Crippen LogP contribution in [-0.2, 0) is 24.2 Å². The number of methoxy groups -OCH3 is 3. The molecule has 0 aliphatic heterocycles. The molecular formula is C27H33NO6. The minimum Gasteiger partial charge on any atom is -0.493 e. The molecule has 7 heteroatoms. The highest BCUT2D eigenvalue weighted by Crippen LogP contribution is 2.41. The number of aliphatic hydroxyl groups is 1. The van der Waals surface area contributed by atoms with E-state index in [1.165, 1.54) is 5.56 Å². The molecule has 0 radical (unpaired) electrons. The van der Waals surface area contributed by atoms with Crippen molar-refractivity contribution in [2.45, 2.75) is 38.3 Å². The quantitative estimate of drug-likeness (QED) is 0.384. The third-order valence-electron chi connectivity index (χ3n) is 5.97. The number of benzene rings is 2. The lowest BCUT2D eigenvalue weighted by molar-refractivity contribution is -0.136. The molecule has 34 heavy (non-hydrogen) atoms. The maximum Gasteiger partial charge on any atom is 0.307 e. The van der Waals surface area contributed by atoms with Crippen molar-refractivity contribution >= 4 is 5.97 Å². The standard InChI is InChI=1S/C27H33NO6/c1-32-23-15-22(16-24(33-2)27(23)34-3)26(31)21(11-7-10-19-8-5-4-6-9-19)18-28-13-12-20(17-28)14-25(29)30/h4-6,8-9,12-13,15-17,21,26,31H,7,10-11,14,18H2,1-3H3,(H,29,30)/t21-,26-/m0/s1. The molecule has 1 aromatic heterocycles. The van der Waals surface area contributed by atoms with Gasteiger partial charge in [-0.2, -0.15) is 0 Å². The molecule has 2 N–H and O–H groups in total. The van der Waals surface area contributed by atoms with Gasteiger partial charge in [-0.3, -0.25) is 4.79 Å². The second-order valence-electron chi connectivity index (χ2n) is 8.33. The van der Waals surface area contributed by atoms with E-state index < -0.39 is 12.1 Å². The lowest BCUT2D eigenvalue weighted by atomic mass is 9.89. The zero-order chi connectivity index (χ0) is 24.5. The number of aliphatic hydroxyl groups excluding tert-OH is 1. The molecule has 3 aromatic rings. The Hall–Kier alpha value is -3.45. The number of carbonyl (C=O) groups is 1. The van der Waals surface area contributed by atoms with Crippen LogP contribution in [0.3, 0.4) is 0 Å². The molecule has 1 heterocycles. The SMILES string of the molecule is COc1cc([C@@H](O)[C@@H](CCCc2ccccc2)Cn2ccc(CC(=O)O)c2)cc(OC)c1OC. The second kappa shape index (κ2) is 12.1. The van der Waals surface area contributed by atoms with Gasteiger partial charge in [0.1, 0.15) is 0 Å². The van der Waals surface area contributed by atoms with E-state index >= 15 is 0 Å². The molecule has 7 nitrogen and oxygen atoms in total. The highest BCUT2D eigenvalue weighted by molar-refractivity contribution is 5.70. The van der Waals surface area contributed by atoms with Crippen LogP contribution in [0.5, 0.6) is 17.2 Å². The number of aliphatic carboxylic acids is 1. The molecule has 0 unspecified atom stereocenters. The highest BCUT2D eigenvalue weighted by Gasteiger charge is 2.25. The number of aromatic nitrogens is 1. The van der Waals surface area contributed by atoms with Gasteiger partial charge in [-0.25, -0.2) is 0 Å². The molecule has 0 saturated carbocycles. The first-order valence-electron chi connectivity index (χ1n) is 11.3. The zero-order valence-corrected chi connectivity index (χ0v) is 19.9. The van der Waals surface area contributed by atoms with Crippen LogP contribution in [0.15, 0.2) is 60.9 Å². The summed E-state index contributed by atoms with van der Waals surface area (Å²) in [5.74, 6) is 0.476. The van der Waals surface area contributed by atoms with Crippen molar-refractivity contribution in [3.63, 3.8) is 0 Å². The minimum atomic E-state index is -0.866. The topological polar surface area (TPSA) is 90.2 Å². The first-order chi connectivity index (χ1) is 16.4. The van der Waals surface area contributed by atoms with Gasteiger partial charge in [-0.1, -0.05) is 30.3 Å². The Balaban J connectivity index is 1.84. The number of nitrogens with zero attached hydrogens (tertiary/aromatic N) is 1. The molecule has 0 aliphatic carbocycles. The van der Waals surface area contributed by atoms with E-state index in [1.807, 2.05) is 35.2 Å². The van der Waals surface area contributed by atoms with Crippen LogP contribution in [0.4, 0.5) is 0 Å². The third-order valence-corrected chi connectivity index (χ3v) is 5.97. The Morgan fingerprint density at radius 3 is 2.24 bits per heavy atom. The molecule has 2 atom stereocenters. The van der Waals surface area contributed by atoms with Crippen LogP contribution in [-0.4, -0.2) is 42.1 Å². The van der Waals surface area contributed by atoms with Crippen molar-refractivity contribution in [1.29, 1.82) is 0 Å². The van der Waals surface area contributed by atoms with E-state index in [1.54, 1.807) is 39.5 Å². The molecule has 2 aromatic carbocycles. The van der Waals surface area contributed by atoms with Crippen molar-refractivity contribution in [3.05, 3.63) is 77.6 Å². The molecule has 0 fully saturated rings. The lowest BCUT2D eigenvalue weighted by Gasteiger charge is -2.25. The molecule has 0 spiro atoms. The number of carboxylic acids is 1. The maximum absolute atomic E-state index is 11.4. The first kappa shape index (κ1) is 25.2. The predicted molar refractivity (Wildman–Crippen MR) is 130 cm³/mol. The molecule has 0 amide bonds. The van der Waals surface area contributed by atoms with Gasteiger partial charge < -0.3 is 29.0 Å². The summed E-state index contributed by atoms with van der Waals surface area (Å²) in [6.07, 6.45) is 5.48. The van der Waals surface area contributed by atoms with E-state index in [2.05, 4.69) is 12.1 Å². The molecule has 0 saturated heterocycles. The highest BCUT2D eigenvalue weighted by atomic mass is 16.5. The number of ether oxygens (including phenoxy) is 3. The summed E-state index contributed by atoms with van der Waals surface area (Å²) in [4.78, 5) is 11.1. The molecule has 0 aliphatic rings. The number of rotatable bonds is 13. The third kappa shape index (κ3) is 6.54. The predicted octanol–water partition coefficient (Wildman–Crippen LogP) is 4.51. The summed E-state index contributed by atoms with van der Waals surface area (Å²) in [7, 11) is 4.65. The average Bonchev–Trinajstić information content (AvgIpc) is 3.28. The smallest absolute Gasteiger partial charge is 0.307 e. The van der Waals surface area contributed by atoms with Crippen LogP contribution in [0.2, 0.25) is 0 Å². The summed E-state index contributed by atoms with van der Waals surface area (Å²) in [6.45, 7) is 0.548. The Labute approximate surface area is 200 Å². The monoisotopic (exact) mass is 467 g/mol. The van der Waals surface area contributed by atoms with Gasteiger partial charge in [0.05, 0.1) is 33.9 Å². The summed E-state index contributed by atoms with van der Waals surface area (Å²) in [5.41, 5.74) is 2.67. The normalized spacial score (nSPS) is 12.7. The second-order valence-corrected chi connectivity index (χ2v) is 8.33. The van der Waals surface area contributed by atoms with Crippen LogP contribution in [0, 0.1) is 5.92 Å². The Bertz CT molecular complexity index is 1040. The van der Waals surface area contributed by atoms with Crippen LogP contribution < -0.4 is 14.2 Å². The largest absolute Gasteiger partial charge is 0.493 e. The summed E-state index contributed by atoms with van der Waals surface area (Å²) in [6, 6.07) is 15.6. The fourth-order valence-corrected chi connectivity index (χ4v) is 4.26. The summed E-state index contributed by atoms with van der Waals surface area (Å²) in [5, 5.41) is 20.5. The van der Waals surface area contributed by atoms with Gasteiger partial charge >= 0.3 is 5.97 Å². The Kier molecular flexibility index (Phi) is 8.99. The van der Waals surface area contributed by atoms with Crippen molar-refractivity contribution in [1.82, 2.24) is 4.57 Å². The first-order valence-corrected chi connectivity index (χ1v) is 11.3. The number of aryl methyl sites for hydroxylation is 1. The van der Waals surface area contributed by atoms with Crippen molar-refractivity contribution < 1.29 is 29.2 Å². The molecule has 182 valence electrons. The van der Waals surface area contributed by atoms with E-state index in [4.69, 9.17) is 19.3 Å². The van der Waals surface area contributed by atoms with Gasteiger partial charge in [0.25, 0.3) is 0 Å². The Morgan fingerprint density at radius 1 is 0.971 bits per heavy atom. The number of carboxylic acid groups (broad SMARTS) is 1. The van der Waals surface area contributed by atoms with Gasteiger partial charge in [0, 0.05) is 24.9 Å². The lowest BCUT2D eigenvalue weighted by Crippen LogP contribution is -2.19. The van der Waals surface area contributed by atoms with Crippen molar-refractivity contribution in [2.75, 3.05) is 21.3 Å². The van der Waals surface area contributed by atoms with E-state index in [9.17, 15) is 9.90 Å². The van der Waals surface area contributed by atoms with Crippen LogP contribution in [0.25, 0.3) is 0 Å². The summed E-state index contributed by atoms with van der Waals surface area (Å²) < 4.78 is 18.3. The summed E-state index contributed by atoms with van der Waals surface area (Å²) >= 11 is 0. The molecule has 3 rings (SSSR count). The molecule has 0 bridgehead atoms. The van der Waals surface area contributed by atoms with E-state index in [-0.39, 0.29) is 12.3 Å². The van der Waals surface area contributed by atoms with E-state index in [0.717, 1.165) is 24.8 Å². The van der Waals surface area contributed by atoms with Gasteiger partial charge in [-0.15, -0.1) is 0 Å². The van der Waals surface area contributed by atoms with Crippen molar-refractivity contribution in [2.24, 2.45) is 5.92 Å². The van der Waals surface area contributed by atoms with Crippen LogP contribution in [0.1, 0.15) is 35.6 Å². The van der Waals surface area contributed by atoms with E-state index in [0.29, 0.717) is 29.4 Å².